The van der Waals surface area contributed by atoms with Crippen LogP contribution in [0.15, 0.2) is 306 Å². The number of ether oxygens (including phenoxy) is 4. The molecular formula is C115H119Br2N13O4S2. The molecule has 11 aromatic carbocycles. The minimum Gasteiger partial charge on any atom is -0.496 e. The Bertz CT molecular complexity index is 6670. The second-order valence-corrected chi connectivity index (χ2v) is 38.4. The van der Waals surface area contributed by atoms with Crippen molar-refractivity contribution < 1.29 is 18.9 Å². The highest BCUT2D eigenvalue weighted by Gasteiger charge is 2.33. The molecule has 694 valence electrons. The summed E-state index contributed by atoms with van der Waals surface area (Å²) in [6.45, 7) is 12.4. The molecule has 14 aromatic rings. The van der Waals surface area contributed by atoms with Crippen molar-refractivity contribution in [1.29, 1.82) is 10.5 Å². The second-order valence-electron chi connectivity index (χ2n) is 34.6. The largest absolute Gasteiger partial charge is 0.496 e. The van der Waals surface area contributed by atoms with Crippen LogP contribution in [0.25, 0.3) is 32.3 Å². The molecule has 1 aliphatic carbocycles. The van der Waals surface area contributed by atoms with Crippen LogP contribution in [0.3, 0.4) is 0 Å². The molecule has 3 aromatic heterocycles. The first-order valence-corrected chi connectivity index (χ1v) is 51.1. The number of halogens is 2. The van der Waals surface area contributed by atoms with Crippen molar-refractivity contribution in [2.24, 2.45) is 25.0 Å². The summed E-state index contributed by atoms with van der Waals surface area (Å²) in [4.78, 5) is 40.5. The fraction of sp³-hybridized carbons (Fsp3) is 0.304. The Balaban J connectivity index is 0.000000123. The maximum Gasteiger partial charge on any atom is 0.150 e. The number of nitrogens with one attached hydrogen (secondary N) is 1. The number of benzene rings is 11. The zero-order valence-electron chi connectivity index (χ0n) is 78.5. The molecule has 0 saturated heterocycles. The first-order valence-electron chi connectivity index (χ1n) is 47.7. The number of nitrogens with zero attached hydrogens (tertiary/aromatic N) is 12. The van der Waals surface area contributed by atoms with Gasteiger partial charge in [-0.15, -0.1) is 22.7 Å². The van der Waals surface area contributed by atoms with Crippen molar-refractivity contribution in [3.05, 3.63) is 368 Å². The first kappa shape index (κ1) is 96.4. The molecule has 0 radical (unpaired) electrons. The highest BCUT2D eigenvalue weighted by Crippen LogP contribution is 2.37. The lowest BCUT2D eigenvalue weighted by Gasteiger charge is -2.23. The van der Waals surface area contributed by atoms with E-state index in [1.54, 1.807) is 39.8 Å². The number of rotatable bonds is 31. The zero-order valence-corrected chi connectivity index (χ0v) is 83.3. The van der Waals surface area contributed by atoms with E-state index in [1.807, 2.05) is 53.9 Å². The smallest absolute Gasteiger partial charge is 0.150 e. The van der Waals surface area contributed by atoms with Crippen molar-refractivity contribution in [3.63, 3.8) is 0 Å². The third-order valence-electron chi connectivity index (χ3n) is 26.1. The molecule has 6 aliphatic rings. The van der Waals surface area contributed by atoms with Crippen LogP contribution >= 0.6 is 54.5 Å². The van der Waals surface area contributed by atoms with Gasteiger partial charge in [-0.1, -0.05) is 240 Å². The minimum atomic E-state index is 0.379. The second kappa shape index (κ2) is 48.6. The van der Waals surface area contributed by atoms with Gasteiger partial charge in [0.25, 0.3) is 0 Å². The van der Waals surface area contributed by atoms with E-state index in [0.29, 0.717) is 25.0 Å². The van der Waals surface area contributed by atoms with Gasteiger partial charge >= 0.3 is 0 Å². The Labute approximate surface area is 826 Å². The van der Waals surface area contributed by atoms with E-state index >= 15 is 0 Å². The van der Waals surface area contributed by atoms with E-state index in [1.165, 1.54) is 135 Å². The van der Waals surface area contributed by atoms with Gasteiger partial charge in [0, 0.05) is 110 Å². The Morgan fingerprint density at radius 1 is 0.404 bits per heavy atom. The Hall–Kier alpha value is -12.8. The predicted octanol–water partition coefficient (Wildman–Crippen LogP) is 23.9. The summed E-state index contributed by atoms with van der Waals surface area (Å²) in [6.07, 6.45) is 18.1. The third-order valence-corrected chi connectivity index (χ3v) is 29.1. The standard InChI is InChI=1S/C26H28N2O.C24H23N3O.C23H23BrN2OS.C23H25N3.C19H20BrN3OS/c1-29-25-17-15-18-8-2-4-10-20(18)22(25)16-14-19-9-3-5-11-21(19)26-27-23-12-6-7-13-24(23)28-26;1-28-23-13-11-18-6-2-4-8-20(18)22(23)12-10-19-7-3-5-9-21(19)24-26-15-17-27(24)16-14-25;1-27-21-9-8-19(24)15-18(21)7-10-22-20(11-14-28-22)23-25-12-13-26(23)16-17-5-3-2-4-6-17;1-2-16-26-17-15-25-23(26)22-20(10-6-14-24-22)13-12-19-9-5-8-18-7-3-4-11-21(18)19;1-24-17-5-4-15(20)13-14(17)3-6-18-16(7-12-25-18)19-22-9-11-23(19)10-2-8-21/h2-5,8-11,15,17,23-24H,6-7,12-14,16H2,1H3,(H,27,28);2-9,11,13H,10,12,15-17H2,1H3;2-6,8-9,11,14-15H,7,10,12-13,16H2,1H3;3-11,14H,2,12-13,15-17H2,1H3;4-5,7,12-13H,2-3,6,9-11H2,1H3/t23-,24-;;;;/m0..../s1. The first-order chi connectivity index (χ1) is 67.0. The van der Waals surface area contributed by atoms with Crippen molar-refractivity contribution in [2.45, 2.75) is 128 Å². The number of hydrogen-bond acceptors (Lipinski definition) is 19. The molecule has 1 N–H and O–H groups in total. The van der Waals surface area contributed by atoms with E-state index in [0.717, 1.165) is 215 Å². The van der Waals surface area contributed by atoms with E-state index in [2.05, 4.69) is 315 Å². The summed E-state index contributed by atoms with van der Waals surface area (Å²) in [5.74, 6) is 9.10. The lowest BCUT2D eigenvalue weighted by atomic mass is 9.92. The maximum atomic E-state index is 9.11. The minimum absolute atomic E-state index is 0.379. The predicted molar refractivity (Wildman–Crippen MR) is 568 cm³/mol. The fourth-order valence-electron chi connectivity index (χ4n) is 19.4. The van der Waals surface area contributed by atoms with Gasteiger partial charge in [0.1, 0.15) is 64.4 Å². The van der Waals surface area contributed by atoms with Crippen LogP contribution in [0.4, 0.5) is 0 Å². The topological polar surface area (TPSA) is 184 Å². The van der Waals surface area contributed by atoms with Crippen LogP contribution in [-0.2, 0) is 70.8 Å². The van der Waals surface area contributed by atoms with Gasteiger partial charge in [-0.2, -0.15) is 10.5 Å². The van der Waals surface area contributed by atoms with Crippen LogP contribution in [0.2, 0.25) is 0 Å². The Morgan fingerprint density at radius 3 is 1.46 bits per heavy atom. The number of hydrogen-bond donors (Lipinski definition) is 1. The number of thiophene rings is 2. The molecule has 136 heavy (non-hydrogen) atoms. The molecule has 20 rings (SSSR count). The zero-order chi connectivity index (χ0) is 93.7. The number of methoxy groups -OCH3 is 4. The molecule has 0 spiro atoms. The lowest BCUT2D eigenvalue weighted by Crippen LogP contribution is -2.37. The van der Waals surface area contributed by atoms with Gasteiger partial charge in [-0.3, -0.25) is 29.9 Å². The number of aliphatic imine (C=N–C) groups is 5. The molecule has 5 aliphatic heterocycles. The van der Waals surface area contributed by atoms with Crippen molar-refractivity contribution >= 4 is 116 Å². The van der Waals surface area contributed by atoms with Crippen molar-refractivity contribution in [2.75, 3.05) is 100 Å². The molecule has 21 heteroatoms. The highest BCUT2D eigenvalue weighted by atomic mass is 79.9. The van der Waals surface area contributed by atoms with Gasteiger partial charge in [0.15, 0.2) is 0 Å². The van der Waals surface area contributed by atoms with Gasteiger partial charge in [0.05, 0.1) is 79.2 Å². The van der Waals surface area contributed by atoms with Crippen LogP contribution in [-0.4, -0.2) is 166 Å². The highest BCUT2D eigenvalue weighted by molar-refractivity contribution is 9.10. The molecule has 0 bridgehead atoms. The number of aryl methyl sites for hydroxylation is 10. The average Bonchev–Trinajstić information content (AvgIpc) is 1.72. The van der Waals surface area contributed by atoms with Crippen LogP contribution in [0, 0.1) is 22.7 Å². The summed E-state index contributed by atoms with van der Waals surface area (Å²) < 4.78 is 24.5. The number of pyridine rings is 1. The van der Waals surface area contributed by atoms with Gasteiger partial charge in [-0.25, -0.2) is 0 Å². The summed E-state index contributed by atoms with van der Waals surface area (Å²) in [7, 11) is 6.94. The average molecular weight is 1970 g/mol. The number of fused-ring (bicyclic) bond motifs is 4. The van der Waals surface area contributed by atoms with E-state index in [-0.39, 0.29) is 0 Å². The SMILES string of the molecule is CCCN1CCN=C1c1ncccc1CCc1cccc2ccccc12.COc1ccc(Br)cc1CCc1sccc1C1=NCCN1CCC#N.COc1ccc(Br)cc1CCc1sccc1C1=NCCN1Cc1ccccc1.COc1ccc2ccccc2c1CCc1ccccc1C1=NCCN1CC#N.COc1ccc2ccccc2c1CCc1ccccc1C1=N[C@H]2CCCC[C@@H]2N1. The number of nitriles is 2. The number of aromatic nitrogens is 1. The Morgan fingerprint density at radius 2 is 0.868 bits per heavy atom. The molecule has 2 atom stereocenters. The van der Waals surface area contributed by atoms with Gasteiger partial charge < -0.3 is 43.9 Å². The van der Waals surface area contributed by atoms with Crippen LogP contribution in [0.5, 0.6) is 23.0 Å². The summed E-state index contributed by atoms with van der Waals surface area (Å²) >= 11 is 10.7. The van der Waals surface area contributed by atoms with Crippen LogP contribution < -0.4 is 24.3 Å². The molecule has 1 saturated carbocycles. The lowest BCUT2D eigenvalue weighted by molar-refractivity contribution is 0.385. The monoisotopic (exact) mass is 1970 g/mol. The van der Waals surface area contributed by atoms with Gasteiger partial charge in [-0.05, 0) is 232 Å². The third kappa shape index (κ3) is 24.2. The summed E-state index contributed by atoms with van der Waals surface area (Å²) in [6, 6.07) is 94.8. The Kier molecular flexibility index (Phi) is 34.5. The normalized spacial score (nSPS) is 15.2. The van der Waals surface area contributed by atoms with Crippen molar-refractivity contribution in [3.8, 4) is 35.1 Å². The molecule has 1 fully saturated rings. The molecule has 0 unspecified atom stereocenters. The fourth-order valence-corrected chi connectivity index (χ4v) is 22.0. The van der Waals surface area contributed by atoms with Crippen LogP contribution in [0.1, 0.15) is 133 Å². The summed E-state index contributed by atoms with van der Waals surface area (Å²) in [5.41, 5.74) is 17.5. The van der Waals surface area contributed by atoms with E-state index in [4.69, 9.17) is 49.4 Å². The van der Waals surface area contributed by atoms with Gasteiger partial charge in [0.2, 0.25) is 0 Å². The van der Waals surface area contributed by atoms with Crippen molar-refractivity contribution in [1.82, 2.24) is 29.9 Å². The quantitative estimate of drug-likeness (QED) is 0.0406. The molecule has 0 amide bonds. The molecule has 17 nitrogen and oxygen atoms in total. The molecular weight excluding hydrogens is 1850 g/mol. The summed E-state index contributed by atoms with van der Waals surface area (Å²) in [5, 5.41) is 33.7. The molecule has 8 heterocycles. The van der Waals surface area contributed by atoms with E-state index in [9.17, 15) is 0 Å². The number of amidine groups is 5. The maximum absolute atomic E-state index is 9.11. The van der Waals surface area contributed by atoms with E-state index < -0.39 is 0 Å².